The fraction of sp³-hybridized carbons (Fsp3) is 0.182. The van der Waals surface area contributed by atoms with Crippen molar-refractivity contribution in [3.05, 3.63) is 70.9 Å². The molecule has 0 aliphatic rings. The number of benzene rings is 2. The summed E-state index contributed by atoms with van der Waals surface area (Å²) in [7, 11) is 0. The maximum atomic E-state index is 14.1. The van der Waals surface area contributed by atoms with E-state index in [9.17, 15) is 23.8 Å². The zero-order valence-electron chi connectivity index (χ0n) is 16.0. The van der Waals surface area contributed by atoms with Gasteiger partial charge in [0, 0.05) is 29.6 Å². The van der Waals surface area contributed by atoms with Gasteiger partial charge in [-0.15, -0.1) is 0 Å². The van der Waals surface area contributed by atoms with Gasteiger partial charge in [0.2, 0.25) is 0 Å². The Labute approximate surface area is 181 Å². The summed E-state index contributed by atoms with van der Waals surface area (Å²) in [5.74, 6) is -2.09. The number of carboxylic acids is 1. The van der Waals surface area contributed by atoms with Gasteiger partial charge in [0.1, 0.15) is 23.1 Å². The summed E-state index contributed by atoms with van der Waals surface area (Å²) >= 11 is 5.83. The van der Waals surface area contributed by atoms with Crippen molar-refractivity contribution in [2.75, 3.05) is 0 Å². The van der Waals surface area contributed by atoms with E-state index in [0.717, 1.165) is 12.1 Å². The molecule has 0 saturated carbocycles. The normalized spacial score (nSPS) is 13.5. The number of fused-ring (bicyclic) bond motifs is 1. The number of pyridine rings is 1. The first-order chi connectivity index (χ1) is 14.7. The monoisotopic (exact) mass is 449 g/mol. The lowest BCUT2D eigenvalue weighted by Crippen LogP contribution is -2.19. The number of rotatable bonds is 8. The van der Waals surface area contributed by atoms with Gasteiger partial charge in [-0.05, 0) is 24.3 Å². The van der Waals surface area contributed by atoms with Crippen LogP contribution in [0.25, 0.3) is 17.0 Å². The highest BCUT2D eigenvalue weighted by Gasteiger charge is 2.16. The van der Waals surface area contributed by atoms with Gasteiger partial charge >= 0.3 is 5.97 Å². The highest BCUT2D eigenvalue weighted by atomic mass is 35.5. The molecule has 0 unspecified atom stereocenters. The summed E-state index contributed by atoms with van der Waals surface area (Å²) in [6.45, 7) is 0. The first-order valence-electron chi connectivity index (χ1n) is 9.20. The Bertz CT molecular complexity index is 1140. The predicted molar refractivity (Wildman–Crippen MR) is 111 cm³/mol. The van der Waals surface area contributed by atoms with Crippen molar-refractivity contribution in [3.8, 4) is 11.5 Å². The summed E-state index contributed by atoms with van der Waals surface area (Å²) < 4.78 is 33.5. The van der Waals surface area contributed by atoms with Gasteiger partial charge < -0.3 is 20.1 Å². The van der Waals surface area contributed by atoms with Crippen LogP contribution in [-0.2, 0) is 4.79 Å². The molecule has 0 spiro atoms. The van der Waals surface area contributed by atoms with E-state index in [2.05, 4.69) is 4.98 Å². The van der Waals surface area contributed by atoms with E-state index in [1.54, 1.807) is 0 Å². The van der Waals surface area contributed by atoms with Crippen LogP contribution in [0.15, 0.2) is 48.7 Å². The largest absolute Gasteiger partial charge is 0.481 e. The van der Waals surface area contributed by atoms with Gasteiger partial charge in [-0.2, -0.15) is 0 Å². The van der Waals surface area contributed by atoms with Gasteiger partial charge in [-0.3, -0.25) is 9.78 Å². The third-order valence-electron chi connectivity index (χ3n) is 4.33. The van der Waals surface area contributed by atoms with Crippen molar-refractivity contribution >= 4 is 34.5 Å². The number of aliphatic hydroxyl groups excluding tert-OH is 2. The molecule has 2 atom stereocenters. The minimum absolute atomic E-state index is 0.122. The zero-order chi connectivity index (χ0) is 22.5. The van der Waals surface area contributed by atoms with Crippen LogP contribution in [0.3, 0.4) is 0 Å². The molecule has 0 aliphatic heterocycles. The Morgan fingerprint density at radius 3 is 2.71 bits per heavy atom. The van der Waals surface area contributed by atoms with E-state index in [1.165, 1.54) is 42.6 Å². The first kappa shape index (κ1) is 22.6. The molecule has 0 radical (unpaired) electrons. The SMILES string of the molecule is O=C(O)C[C@H](O)C[C@H](O)/C=C/c1cnc2cc(Cl)c(F)cc2c1Oc1cccc(F)c1. The number of hydrogen-bond acceptors (Lipinski definition) is 5. The second-order valence-corrected chi connectivity index (χ2v) is 7.21. The fourth-order valence-electron chi connectivity index (χ4n) is 2.92. The summed E-state index contributed by atoms with van der Waals surface area (Å²) in [4.78, 5) is 14.9. The summed E-state index contributed by atoms with van der Waals surface area (Å²) in [6.07, 6.45) is 1.07. The van der Waals surface area contributed by atoms with E-state index < -0.39 is 36.2 Å². The van der Waals surface area contributed by atoms with E-state index in [4.69, 9.17) is 21.4 Å². The standard InChI is InChI=1S/C22H18ClF2NO5/c23-18-10-20-17(9-19(18)25)22(31-16-3-1-2-13(24)6-16)12(11-26-20)4-5-14(27)7-15(28)8-21(29)30/h1-6,9-11,14-15,27-28H,7-8H2,(H,29,30)/b5-4+/t14-,15-/m1/s1. The van der Waals surface area contributed by atoms with Crippen molar-refractivity contribution < 1.29 is 33.6 Å². The Morgan fingerprint density at radius 1 is 1.23 bits per heavy atom. The molecular weight excluding hydrogens is 432 g/mol. The zero-order valence-corrected chi connectivity index (χ0v) is 16.8. The van der Waals surface area contributed by atoms with Crippen LogP contribution >= 0.6 is 11.6 Å². The molecule has 1 aromatic heterocycles. The van der Waals surface area contributed by atoms with Crippen LogP contribution in [0.5, 0.6) is 11.5 Å². The van der Waals surface area contributed by atoms with Crippen molar-refractivity contribution in [3.63, 3.8) is 0 Å². The van der Waals surface area contributed by atoms with Gasteiger partial charge in [-0.1, -0.05) is 29.8 Å². The van der Waals surface area contributed by atoms with Gasteiger partial charge in [0.15, 0.2) is 0 Å². The average molecular weight is 450 g/mol. The molecule has 9 heteroatoms. The highest BCUT2D eigenvalue weighted by molar-refractivity contribution is 6.31. The number of aliphatic hydroxyl groups is 2. The second-order valence-electron chi connectivity index (χ2n) is 6.80. The smallest absolute Gasteiger partial charge is 0.305 e. The van der Waals surface area contributed by atoms with Gasteiger partial charge in [0.05, 0.1) is 29.2 Å². The molecule has 3 rings (SSSR count). The molecule has 3 aromatic rings. The maximum absolute atomic E-state index is 14.1. The molecule has 0 bridgehead atoms. The lowest BCUT2D eigenvalue weighted by Gasteiger charge is -2.14. The lowest BCUT2D eigenvalue weighted by molar-refractivity contribution is -0.139. The number of carbonyl (C=O) groups is 1. The predicted octanol–water partition coefficient (Wildman–Crippen LogP) is 4.56. The Kier molecular flexibility index (Phi) is 7.17. The molecule has 0 saturated heterocycles. The third-order valence-corrected chi connectivity index (χ3v) is 4.62. The van der Waals surface area contributed by atoms with Crippen molar-refractivity contribution in [2.45, 2.75) is 25.0 Å². The molecule has 2 aromatic carbocycles. The van der Waals surface area contributed by atoms with Crippen LogP contribution in [0.2, 0.25) is 5.02 Å². The van der Waals surface area contributed by atoms with Crippen molar-refractivity contribution in [1.29, 1.82) is 0 Å². The Balaban J connectivity index is 1.98. The van der Waals surface area contributed by atoms with Crippen LogP contribution < -0.4 is 4.74 Å². The molecule has 162 valence electrons. The van der Waals surface area contributed by atoms with E-state index in [1.807, 2.05) is 0 Å². The number of nitrogens with zero attached hydrogens (tertiary/aromatic N) is 1. The molecule has 0 amide bonds. The third kappa shape index (κ3) is 5.97. The van der Waals surface area contributed by atoms with Crippen LogP contribution in [-0.4, -0.2) is 38.5 Å². The summed E-state index contributed by atoms with van der Waals surface area (Å²) in [5.41, 5.74) is 0.678. The molecule has 0 fully saturated rings. The van der Waals surface area contributed by atoms with Crippen LogP contribution in [0.4, 0.5) is 8.78 Å². The molecule has 3 N–H and O–H groups in total. The number of aromatic nitrogens is 1. The Hall–Kier alpha value is -3.07. The average Bonchev–Trinajstić information content (AvgIpc) is 2.68. The number of hydrogen-bond donors (Lipinski definition) is 3. The Morgan fingerprint density at radius 2 is 2.00 bits per heavy atom. The topological polar surface area (TPSA) is 99.9 Å². The van der Waals surface area contributed by atoms with Crippen LogP contribution in [0, 0.1) is 11.6 Å². The van der Waals surface area contributed by atoms with Crippen molar-refractivity contribution in [2.24, 2.45) is 0 Å². The number of ether oxygens (including phenoxy) is 1. The van der Waals surface area contributed by atoms with E-state index in [-0.39, 0.29) is 28.3 Å². The molecule has 0 aliphatic carbocycles. The van der Waals surface area contributed by atoms with Crippen LogP contribution in [0.1, 0.15) is 18.4 Å². The quantitative estimate of drug-likeness (QED) is 0.466. The fourth-order valence-corrected chi connectivity index (χ4v) is 3.07. The minimum atomic E-state index is -1.23. The van der Waals surface area contributed by atoms with Gasteiger partial charge in [-0.25, -0.2) is 8.78 Å². The number of aliphatic carboxylic acids is 1. The minimum Gasteiger partial charge on any atom is -0.481 e. The van der Waals surface area contributed by atoms with Crippen molar-refractivity contribution in [1.82, 2.24) is 4.98 Å². The highest BCUT2D eigenvalue weighted by Crippen LogP contribution is 2.35. The van der Waals surface area contributed by atoms with E-state index in [0.29, 0.717) is 11.1 Å². The number of carboxylic acid groups (broad SMARTS) is 1. The molecule has 6 nitrogen and oxygen atoms in total. The lowest BCUT2D eigenvalue weighted by atomic mass is 10.1. The second kappa shape index (κ2) is 9.82. The summed E-state index contributed by atoms with van der Waals surface area (Å²) in [6, 6.07) is 7.85. The molecular formula is C22H18ClF2NO5. The molecule has 31 heavy (non-hydrogen) atoms. The first-order valence-corrected chi connectivity index (χ1v) is 9.58. The van der Waals surface area contributed by atoms with Gasteiger partial charge in [0.25, 0.3) is 0 Å². The maximum Gasteiger partial charge on any atom is 0.305 e. The number of halogens is 3. The van der Waals surface area contributed by atoms with E-state index >= 15 is 0 Å². The summed E-state index contributed by atoms with van der Waals surface area (Å²) in [5, 5.41) is 28.6. The molecule has 1 heterocycles.